The smallest absolute Gasteiger partial charge is 0.220 e. The number of ether oxygens (including phenoxy) is 1. The standard InChI is InChI=1S/C17H22N4O2/c1-12(17-20-19-15-4-3-11-21(15)17)18-16(22)10-7-13-5-8-14(23-2)9-6-13/h5-6,8-9,12H,3-4,7,10-11H2,1-2H3,(H,18,22)/t12-/m1/s1. The van der Waals surface area contributed by atoms with E-state index in [9.17, 15) is 4.79 Å². The Labute approximate surface area is 135 Å². The van der Waals surface area contributed by atoms with E-state index in [1.807, 2.05) is 31.2 Å². The van der Waals surface area contributed by atoms with Crippen molar-refractivity contribution in [3.63, 3.8) is 0 Å². The molecular formula is C17H22N4O2. The number of fused-ring (bicyclic) bond motifs is 1. The van der Waals surface area contributed by atoms with E-state index in [0.29, 0.717) is 12.8 Å². The number of carbonyl (C=O) groups is 1. The van der Waals surface area contributed by atoms with Gasteiger partial charge in [-0.3, -0.25) is 4.79 Å². The number of hydrogen-bond donors (Lipinski definition) is 1. The number of nitrogens with zero attached hydrogens (tertiary/aromatic N) is 3. The lowest BCUT2D eigenvalue weighted by Gasteiger charge is -2.14. The summed E-state index contributed by atoms with van der Waals surface area (Å²) in [5.74, 6) is 2.74. The van der Waals surface area contributed by atoms with Crippen LogP contribution in [0.4, 0.5) is 0 Å². The van der Waals surface area contributed by atoms with Crippen molar-refractivity contribution in [2.75, 3.05) is 7.11 Å². The highest BCUT2D eigenvalue weighted by molar-refractivity contribution is 5.76. The molecule has 2 aromatic rings. The Balaban J connectivity index is 1.52. The average Bonchev–Trinajstić information content (AvgIpc) is 3.16. The van der Waals surface area contributed by atoms with Crippen LogP contribution >= 0.6 is 0 Å². The van der Waals surface area contributed by atoms with Crippen LogP contribution in [0.1, 0.15) is 43.0 Å². The predicted octanol–water partition coefficient (Wildman–Crippen LogP) is 2.04. The topological polar surface area (TPSA) is 69.0 Å². The van der Waals surface area contributed by atoms with Crippen molar-refractivity contribution in [3.05, 3.63) is 41.5 Å². The third kappa shape index (κ3) is 3.52. The fraction of sp³-hybridized carbons (Fsp3) is 0.471. The van der Waals surface area contributed by atoms with Crippen molar-refractivity contribution < 1.29 is 9.53 Å². The molecule has 1 aromatic heterocycles. The zero-order chi connectivity index (χ0) is 16.2. The Hall–Kier alpha value is -2.37. The van der Waals surface area contributed by atoms with Crippen molar-refractivity contribution in [1.29, 1.82) is 0 Å². The maximum absolute atomic E-state index is 12.2. The molecule has 6 heteroatoms. The minimum atomic E-state index is -0.113. The van der Waals surface area contributed by atoms with Gasteiger partial charge in [-0.05, 0) is 37.5 Å². The summed E-state index contributed by atoms with van der Waals surface area (Å²) in [6, 6.07) is 7.69. The van der Waals surface area contributed by atoms with E-state index in [2.05, 4.69) is 20.1 Å². The summed E-state index contributed by atoms with van der Waals surface area (Å²) in [6.45, 7) is 2.91. The van der Waals surface area contributed by atoms with Crippen LogP contribution in [0.25, 0.3) is 0 Å². The average molecular weight is 314 g/mol. The van der Waals surface area contributed by atoms with Crippen molar-refractivity contribution >= 4 is 5.91 Å². The lowest BCUT2D eigenvalue weighted by Crippen LogP contribution is -2.28. The Morgan fingerprint density at radius 2 is 2.13 bits per heavy atom. The first-order valence-corrected chi connectivity index (χ1v) is 8.01. The molecule has 0 unspecified atom stereocenters. The summed E-state index contributed by atoms with van der Waals surface area (Å²) in [5, 5.41) is 11.4. The molecule has 1 atom stereocenters. The maximum atomic E-state index is 12.2. The van der Waals surface area contributed by atoms with E-state index < -0.39 is 0 Å². The predicted molar refractivity (Wildman–Crippen MR) is 86.2 cm³/mol. The van der Waals surface area contributed by atoms with E-state index in [0.717, 1.165) is 42.3 Å². The molecule has 0 saturated carbocycles. The lowest BCUT2D eigenvalue weighted by molar-refractivity contribution is -0.121. The van der Waals surface area contributed by atoms with Crippen molar-refractivity contribution in [2.24, 2.45) is 0 Å². The quantitative estimate of drug-likeness (QED) is 0.886. The highest BCUT2D eigenvalue weighted by Gasteiger charge is 2.22. The molecule has 1 aliphatic rings. The Bertz CT molecular complexity index is 678. The van der Waals surface area contributed by atoms with Gasteiger partial charge in [-0.2, -0.15) is 0 Å². The first kappa shape index (κ1) is 15.5. The van der Waals surface area contributed by atoms with Gasteiger partial charge in [0, 0.05) is 19.4 Å². The van der Waals surface area contributed by atoms with Crippen LogP contribution in [-0.4, -0.2) is 27.8 Å². The van der Waals surface area contributed by atoms with Gasteiger partial charge in [0.1, 0.15) is 11.6 Å². The SMILES string of the molecule is COc1ccc(CCC(=O)N[C@H](C)c2nnc3n2CCC3)cc1. The first-order chi connectivity index (χ1) is 11.2. The minimum absolute atomic E-state index is 0.0312. The normalized spacial score (nSPS) is 14.3. The molecule has 0 radical (unpaired) electrons. The van der Waals surface area contributed by atoms with Gasteiger partial charge < -0.3 is 14.6 Å². The zero-order valence-electron chi connectivity index (χ0n) is 13.6. The fourth-order valence-corrected chi connectivity index (χ4v) is 2.92. The third-order valence-corrected chi connectivity index (χ3v) is 4.20. The van der Waals surface area contributed by atoms with Crippen LogP contribution in [0.5, 0.6) is 5.75 Å². The van der Waals surface area contributed by atoms with E-state index >= 15 is 0 Å². The monoisotopic (exact) mass is 314 g/mol. The second kappa shape index (κ2) is 6.81. The number of rotatable bonds is 6. The van der Waals surface area contributed by atoms with Crippen LogP contribution in [-0.2, 0) is 24.2 Å². The van der Waals surface area contributed by atoms with Crippen molar-refractivity contribution in [1.82, 2.24) is 20.1 Å². The number of aryl methyl sites for hydroxylation is 2. The molecule has 3 rings (SSSR count). The van der Waals surface area contributed by atoms with Crippen molar-refractivity contribution in [2.45, 2.75) is 45.2 Å². The van der Waals surface area contributed by atoms with Crippen LogP contribution in [0.2, 0.25) is 0 Å². The van der Waals surface area contributed by atoms with Crippen LogP contribution in [0.15, 0.2) is 24.3 Å². The molecule has 6 nitrogen and oxygen atoms in total. The molecule has 122 valence electrons. The van der Waals surface area contributed by atoms with Crippen LogP contribution in [0, 0.1) is 0 Å². The van der Waals surface area contributed by atoms with Gasteiger partial charge in [0.2, 0.25) is 5.91 Å². The van der Waals surface area contributed by atoms with Gasteiger partial charge in [0.25, 0.3) is 0 Å². The highest BCUT2D eigenvalue weighted by Crippen LogP contribution is 2.19. The Morgan fingerprint density at radius 1 is 1.35 bits per heavy atom. The van der Waals surface area contributed by atoms with Gasteiger partial charge in [0.05, 0.1) is 13.2 Å². The second-order valence-electron chi connectivity index (χ2n) is 5.87. The van der Waals surface area contributed by atoms with Crippen molar-refractivity contribution in [3.8, 4) is 5.75 Å². The maximum Gasteiger partial charge on any atom is 0.220 e. The van der Waals surface area contributed by atoms with Gasteiger partial charge >= 0.3 is 0 Å². The number of methoxy groups -OCH3 is 1. The summed E-state index contributed by atoms with van der Waals surface area (Å²) in [7, 11) is 1.64. The van der Waals surface area contributed by atoms with Gasteiger partial charge in [-0.1, -0.05) is 12.1 Å². The van der Waals surface area contributed by atoms with E-state index in [4.69, 9.17) is 4.74 Å². The molecule has 1 aliphatic heterocycles. The summed E-state index contributed by atoms with van der Waals surface area (Å²) in [6.07, 6.45) is 3.25. The van der Waals surface area contributed by atoms with Gasteiger partial charge in [-0.15, -0.1) is 10.2 Å². The first-order valence-electron chi connectivity index (χ1n) is 8.01. The lowest BCUT2D eigenvalue weighted by atomic mass is 10.1. The molecule has 0 aliphatic carbocycles. The largest absolute Gasteiger partial charge is 0.497 e. The number of hydrogen-bond acceptors (Lipinski definition) is 4. The third-order valence-electron chi connectivity index (χ3n) is 4.20. The van der Waals surface area contributed by atoms with E-state index in [1.54, 1.807) is 7.11 Å². The highest BCUT2D eigenvalue weighted by atomic mass is 16.5. The molecule has 0 bridgehead atoms. The summed E-state index contributed by atoms with van der Waals surface area (Å²) in [4.78, 5) is 12.2. The zero-order valence-corrected chi connectivity index (χ0v) is 13.6. The number of amides is 1. The Morgan fingerprint density at radius 3 is 2.87 bits per heavy atom. The number of carbonyl (C=O) groups excluding carboxylic acids is 1. The Kier molecular flexibility index (Phi) is 4.60. The molecular weight excluding hydrogens is 292 g/mol. The summed E-state index contributed by atoms with van der Waals surface area (Å²) >= 11 is 0. The molecule has 2 heterocycles. The second-order valence-corrected chi connectivity index (χ2v) is 5.87. The molecule has 1 N–H and O–H groups in total. The fourth-order valence-electron chi connectivity index (χ4n) is 2.92. The minimum Gasteiger partial charge on any atom is -0.497 e. The number of aromatic nitrogens is 3. The van der Waals surface area contributed by atoms with Crippen LogP contribution in [0.3, 0.4) is 0 Å². The molecule has 1 amide bonds. The van der Waals surface area contributed by atoms with Crippen LogP contribution < -0.4 is 10.1 Å². The molecule has 0 spiro atoms. The molecule has 1 aromatic carbocycles. The number of nitrogens with one attached hydrogen (secondary N) is 1. The van der Waals surface area contributed by atoms with Gasteiger partial charge in [0.15, 0.2) is 5.82 Å². The summed E-state index contributed by atoms with van der Waals surface area (Å²) in [5.41, 5.74) is 1.12. The van der Waals surface area contributed by atoms with Gasteiger partial charge in [-0.25, -0.2) is 0 Å². The summed E-state index contributed by atoms with van der Waals surface area (Å²) < 4.78 is 7.25. The van der Waals surface area contributed by atoms with E-state index in [1.165, 1.54) is 0 Å². The van der Waals surface area contributed by atoms with E-state index in [-0.39, 0.29) is 11.9 Å². The number of benzene rings is 1. The molecule has 0 fully saturated rings. The molecule has 0 saturated heterocycles. The molecule has 23 heavy (non-hydrogen) atoms.